The predicted octanol–water partition coefficient (Wildman–Crippen LogP) is 3.65. The van der Waals surface area contributed by atoms with Crippen LogP contribution in [0.4, 0.5) is 14.5 Å². The second kappa shape index (κ2) is 9.50. The van der Waals surface area contributed by atoms with Crippen LogP contribution in [-0.2, 0) is 4.79 Å². The SMILES string of the molecule is COc1cccc(/C=C/C(=O)Nc2ccc(C(=O)N(C)C)cc2)c1OC(F)F. The van der Waals surface area contributed by atoms with Crippen molar-refractivity contribution in [1.82, 2.24) is 4.90 Å². The maximum absolute atomic E-state index is 12.6. The van der Waals surface area contributed by atoms with E-state index in [1.54, 1.807) is 44.4 Å². The molecular formula is C20H20F2N2O4. The number of halogens is 2. The molecule has 148 valence electrons. The van der Waals surface area contributed by atoms with Crippen LogP contribution in [0.5, 0.6) is 11.5 Å². The van der Waals surface area contributed by atoms with Crippen LogP contribution in [0.1, 0.15) is 15.9 Å². The molecule has 0 spiro atoms. The molecule has 28 heavy (non-hydrogen) atoms. The van der Waals surface area contributed by atoms with E-state index in [0.717, 1.165) is 0 Å². The summed E-state index contributed by atoms with van der Waals surface area (Å²) in [6, 6.07) is 11.0. The number of nitrogens with zero attached hydrogens (tertiary/aromatic N) is 1. The smallest absolute Gasteiger partial charge is 0.387 e. The monoisotopic (exact) mass is 390 g/mol. The molecule has 0 unspecified atom stereocenters. The molecule has 0 fully saturated rings. The summed E-state index contributed by atoms with van der Waals surface area (Å²) in [6.45, 7) is -3.03. The molecule has 0 atom stereocenters. The van der Waals surface area contributed by atoms with Crippen LogP contribution in [0.2, 0.25) is 0 Å². The van der Waals surface area contributed by atoms with E-state index in [-0.39, 0.29) is 23.0 Å². The van der Waals surface area contributed by atoms with Crippen LogP contribution >= 0.6 is 0 Å². The molecule has 0 radical (unpaired) electrons. The molecular weight excluding hydrogens is 370 g/mol. The topological polar surface area (TPSA) is 67.9 Å². The molecule has 0 aliphatic rings. The van der Waals surface area contributed by atoms with Crippen molar-refractivity contribution < 1.29 is 27.8 Å². The first-order valence-electron chi connectivity index (χ1n) is 8.24. The van der Waals surface area contributed by atoms with E-state index in [4.69, 9.17) is 4.74 Å². The van der Waals surface area contributed by atoms with Crippen LogP contribution in [0.15, 0.2) is 48.5 Å². The third-order valence-corrected chi connectivity index (χ3v) is 3.66. The lowest BCUT2D eigenvalue weighted by Crippen LogP contribution is -2.21. The van der Waals surface area contributed by atoms with Crippen molar-refractivity contribution >= 4 is 23.6 Å². The van der Waals surface area contributed by atoms with Gasteiger partial charge in [0.1, 0.15) is 0 Å². The number of anilines is 1. The Morgan fingerprint density at radius 2 is 1.79 bits per heavy atom. The van der Waals surface area contributed by atoms with Gasteiger partial charge in [0.15, 0.2) is 11.5 Å². The minimum atomic E-state index is -3.03. The number of nitrogens with one attached hydrogen (secondary N) is 1. The van der Waals surface area contributed by atoms with Crippen molar-refractivity contribution in [3.8, 4) is 11.5 Å². The number of hydrogen-bond donors (Lipinski definition) is 1. The van der Waals surface area contributed by atoms with Gasteiger partial charge < -0.3 is 19.7 Å². The van der Waals surface area contributed by atoms with Crippen LogP contribution in [0, 0.1) is 0 Å². The number of ether oxygens (including phenoxy) is 2. The standard InChI is InChI=1S/C20H20F2N2O4/c1-24(2)19(26)14-7-10-15(11-8-14)23-17(25)12-9-13-5-4-6-16(27-3)18(13)28-20(21)22/h4-12,20H,1-3H3,(H,23,25)/b12-9+. The van der Waals surface area contributed by atoms with Crippen LogP contribution in [0.25, 0.3) is 6.08 Å². The molecule has 1 N–H and O–H groups in total. The normalized spacial score (nSPS) is 10.8. The van der Waals surface area contributed by atoms with Gasteiger partial charge >= 0.3 is 6.61 Å². The van der Waals surface area contributed by atoms with E-state index in [0.29, 0.717) is 11.3 Å². The average molecular weight is 390 g/mol. The minimum absolute atomic E-state index is 0.129. The van der Waals surface area contributed by atoms with Gasteiger partial charge in [-0.2, -0.15) is 8.78 Å². The first kappa shape index (κ1) is 20.9. The molecule has 0 aromatic heterocycles. The van der Waals surface area contributed by atoms with E-state index >= 15 is 0 Å². The third kappa shape index (κ3) is 5.54. The van der Waals surface area contributed by atoms with Crippen LogP contribution in [0.3, 0.4) is 0 Å². The Morgan fingerprint density at radius 3 is 2.36 bits per heavy atom. The lowest BCUT2D eigenvalue weighted by Gasteiger charge is -2.12. The van der Waals surface area contributed by atoms with E-state index in [2.05, 4.69) is 10.1 Å². The zero-order valence-electron chi connectivity index (χ0n) is 15.6. The number of methoxy groups -OCH3 is 1. The number of para-hydroxylation sites is 1. The molecule has 0 heterocycles. The summed E-state index contributed by atoms with van der Waals surface area (Å²) >= 11 is 0. The Hall–Kier alpha value is -3.42. The van der Waals surface area contributed by atoms with Gasteiger partial charge in [0.2, 0.25) is 5.91 Å². The Kier molecular flexibility index (Phi) is 7.08. The van der Waals surface area contributed by atoms with Crippen molar-refractivity contribution in [2.75, 3.05) is 26.5 Å². The average Bonchev–Trinajstić information content (AvgIpc) is 2.66. The van der Waals surface area contributed by atoms with E-state index in [1.165, 1.54) is 36.3 Å². The Morgan fingerprint density at radius 1 is 1.11 bits per heavy atom. The van der Waals surface area contributed by atoms with Gasteiger partial charge in [0.25, 0.3) is 5.91 Å². The van der Waals surface area contributed by atoms with Crippen LogP contribution in [-0.4, -0.2) is 44.5 Å². The molecule has 2 aromatic carbocycles. The number of hydrogen-bond acceptors (Lipinski definition) is 4. The maximum Gasteiger partial charge on any atom is 0.387 e. The molecule has 0 aliphatic heterocycles. The second-order valence-corrected chi connectivity index (χ2v) is 5.86. The highest BCUT2D eigenvalue weighted by Gasteiger charge is 2.14. The summed E-state index contributed by atoms with van der Waals surface area (Å²) in [6.07, 6.45) is 2.53. The fraction of sp³-hybridized carbons (Fsp3) is 0.200. The summed E-state index contributed by atoms with van der Waals surface area (Å²) in [5.74, 6) is -0.653. The summed E-state index contributed by atoms with van der Waals surface area (Å²) in [5.41, 5.74) is 1.24. The van der Waals surface area contributed by atoms with Crippen molar-refractivity contribution in [1.29, 1.82) is 0 Å². The number of rotatable bonds is 7. The van der Waals surface area contributed by atoms with Gasteiger partial charge in [-0.25, -0.2) is 0 Å². The number of alkyl halides is 2. The van der Waals surface area contributed by atoms with E-state index in [1.807, 2.05) is 0 Å². The highest BCUT2D eigenvalue weighted by molar-refractivity contribution is 6.02. The third-order valence-electron chi connectivity index (χ3n) is 3.66. The van der Waals surface area contributed by atoms with Crippen molar-refractivity contribution in [3.05, 3.63) is 59.7 Å². The van der Waals surface area contributed by atoms with E-state index in [9.17, 15) is 18.4 Å². The fourth-order valence-electron chi connectivity index (χ4n) is 2.34. The minimum Gasteiger partial charge on any atom is -0.493 e. The molecule has 2 rings (SSSR count). The highest BCUT2D eigenvalue weighted by atomic mass is 19.3. The fourth-order valence-corrected chi connectivity index (χ4v) is 2.34. The van der Waals surface area contributed by atoms with Gasteiger partial charge in [-0.15, -0.1) is 0 Å². The Bertz CT molecular complexity index is 865. The molecule has 2 amide bonds. The van der Waals surface area contributed by atoms with Crippen molar-refractivity contribution in [2.24, 2.45) is 0 Å². The van der Waals surface area contributed by atoms with Crippen molar-refractivity contribution in [3.63, 3.8) is 0 Å². The quantitative estimate of drug-likeness (QED) is 0.733. The zero-order valence-corrected chi connectivity index (χ0v) is 15.6. The largest absolute Gasteiger partial charge is 0.493 e. The molecule has 6 nitrogen and oxygen atoms in total. The number of amides is 2. The number of carbonyl (C=O) groups excluding carboxylic acids is 2. The molecule has 8 heteroatoms. The van der Waals surface area contributed by atoms with E-state index < -0.39 is 12.5 Å². The second-order valence-electron chi connectivity index (χ2n) is 5.86. The molecule has 0 aliphatic carbocycles. The molecule has 2 aromatic rings. The summed E-state index contributed by atoms with van der Waals surface area (Å²) in [4.78, 5) is 25.4. The highest BCUT2D eigenvalue weighted by Crippen LogP contribution is 2.33. The first-order chi connectivity index (χ1) is 13.3. The van der Waals surface area contributed by atoms with Gasteiger partial charge in [-0.05, 0) is 36.4 Å². The van der Waals surface area contributed by atoms with Crippen LogP contribution < -0.4 is 14.8 Å². The Labute approximate surface area is 161 Å². The number of benzene rings is 2. The van der Waals surface area contributed by atoms with Gasteiger partial charge in [0, 0.05) is 37.0 Å². The van der Waals surface area contributed by atoms with Gasteiger partial charge in [0.05, 0.1) is 7.11 Å². The van der Waals surface area contributed by atoms with Gasteiger partial charge in [-0.3, -0.25) is 9.59 Å². The molecule has 0 saturated heterocycles. The predicted molar refractivity (Wildman–Crippen MR) is 102 cm³/mol. The summed E-state index contributed by atoms with van der Waals surface area (Å²) in [7, 11) is 4.62. The van der Waals surface area contributed by atoms with Gasteiger partial charge in [-0.1, -0.05) is 12.1 Å². The van der Waals surface area contributed by atoms with Crippen molar-refractivity contribution in [2.45, 2.75) is 6.61 Å². The summed E-state index contributed by atoms with van der Waals surface area (Å²) in [5, 5.41) is 2.63. The lowest BCUT2D eigenvalue weighted by molar-refractivity contribution is -0.111. The molecule has 0 bridgehead atoms. The summed E-state index contributed by atoms with van der Waals surface area (Å²) < 4.78 is 34.8. The number of carbonyl (C=O) groups is 2. The molecule has 0 saturated carbocycles. The maximum atomic E-state index is 12.6. The lowest BCUT2D eigenvalue weighted by atomic mass is 10.1. The Balaban J connectivity index is 2.11. The first-order valence-corrected chi connectivity index (χ1v) is 8.24. The zero-order chi connectivity index (χ0) is 20.7.